The first-order valence-corrected chi connectivity index (χ1v) is 11.3. The van der Waals surface area contributed by atoms with Crippen LogP contribution in [0.5, 0.6) is 0 Å². The number of rotatable bonds is 7. The Morgan fingerprint density at radius 2 is 1.97 bits per heavy atom. The zero-order chi connectivity index (χ0) is 23.5. The molecule has 3 amide bonds. The summed E-state index contributed by atoms with van der Waals surface area (Å²) in [6.45, 7) is 2.04. The summed E-state index contributed by atoms with van der Waals surface area (Å²) in [5.74, 6) is -1.36. The maximum absolute atomic E-state index is 14.8. The van der Waals surface area contributed by atoms with Crippen LogP contribution < -0.4 is 15.1 Å². The second-order valence-corrected chi connectivity index (χ2v) is 8.56. The molecule has 0 aliphatic carbocycles. The Balaban J connectivity index is 1.57. The van der Waals surface area contributed by atoms with Crippen LogP contribution in [0.1, 0.15) is 6.92 Å². The number of benzene rings is 1. The number of amides is 3. The quantitative estimate of drug-likeness (QED) is 0.466. The highest BCUT2D eigenvalue weighted by atomic mass is 31.2. The number of anilines is 2. The minimum absolute atomic E-state index is 0.167. The molecule has 0 bridgehead atoms. The van der Waals surface area contributed by atoms with Gasteiger partial charge in [0, 0.05) is 33.1 Å². The minimum atomic E-state index is -4.73. The lowest BCUT2D eigenvalue weighted by molar-refractivity contribution is -0.134. The highest BCUT2D eigenvalue weighted by Crippen LogP contribution is 2.35. The van der Waals surface area contributed by atoms with E-state index in [-0.39, 0.29) is 32.1 Å². The molecule has 0 unspecified atom stereocenters. The van der Waals surface area contributed by atoms with Crippen LogP contribution in [0.15, 0.2) is 18.2 Å². The van der Waals surface area contributed by atoms with Gasteiger partial charge in [0.1, 0.15) is 18.5 Å². The first-order valence-electron chi connectivity index (χ1n) is 9.78. The Morgan fingerprint density at radius 1 is 1.28 bits per heavy atom. The van der Waals surface area contributed by atoms with E-state index in [9.17, 15) is 23.3 Å². The average Bonchev–Trinajstić information content (AvgIpc) is 3.10. The van der Waals surface area contributed by atoms with Crippen molar-refractivity contribution >= 4 is 37.1 Å². The summed E-state index contributed by atoms with van der Waals surface area (Å²) in [4.78, 5) is 56.9. The lowest BCUT2D eigenvalue weighted by Crippen LogP contribution is -2.50. The molecule has 1 atom stereocenters. The number of carbonyl (C=O) groups excluding carboxylic acids is 3. The highest BCUT2D eigenvalue weighted by molar-refractivity contribution is 7.46. The summed E-state index contributed by atoms with van der Waals surface area (Å²) < 4.78 is 34.9. The van der Waals surface area contributed by atoms with Crippen molar-refractivity contribution in [2.24, 2.45) is 0 Å². The van der Waals surface area contributed by atoms with E-state index in [1.54, 1.807) is 11.0 Å². The van der Waals surface area contributed by atoms with Gasteiger partial charge in [0.2, 0.25) is 11.8 Å². The molecule has 0 saturated carbocycles. The van der Waals surface area contributed by atoms with Crippen molar-refractivity contribution in [3.8, 4) is 0 Å². The van der Waals surface area contributed by atoms with E-state index in [1.807, 2.05) is 0 Å². The summed E-state index contributed by atoms with van der Waals surface area (Å²) in [5.41, 5.74) is 0.625. The summed E-state index contributed by atoms with van der Waals surface area (Å²) in [6.07, 6.45) is -1.16. The number of nitrogens with one attached hydrogen (secondary N) is 1. The first-order chi connectivity index (χ1) is 15.0. The standard InChI is InChI=1S/C18H24FN4O8P/c1-12(24)20-9-14-10-23(18(26)31-14)13-2-3-16(15(19)8-13)21-4-6-22(7-5-21)17(25)11-30-32(27,28)29/h2-3,8,14H,4-7,9-11H2,1H3,(H,20,24)(H2,27,28,29)/t14-/m0/s1. The Morgan fingerprint density at radius 3 is 2.56 bits per heavy atom. The van der Waals surface area contributed by atoms with Crippen LogP contribution in [0.2, 0.25) is 0 Å². The van der Waals surface area contributed by atoms with Crippen LogP contribution in [0.4, 0.5) is 20.6 Å². The molecular weight excluding hydrogens is 450 g/mol. The largest absolute Gasteiger partial charge is 0.470 e. The van der Waals surface area contributed by atoms with Gasteiger partial charge in [-0.1, -0.05) is 0 Å². The van der Waals surface area contributed by atoms with Crippen LogP contribution in [0.3, 0.4) is 0 Å². The van der Waals surface area contributed by atoms with E-state index < -0.39 is 38.4 Å². The number of ether oxygens (including phenoxy) is 1. The summed E-state index contributed by atoms with van der Waals surface area (Å²) in [5, 5.41) is 2.57. The molecule has 3 rings (SSSR count). The van der Waals surface area contributed by atoms with Crippen molar-refractivity contribution in [2.45, 2.75) is 13.0 Å². The van der Waals surface area contributed by atoms with Gasteiger partial charge >= 0.3 is 13.9 Å². The van der Waals surface area contributed by atoms with E-state index >= 15 is 0 Å². The van der Waals surface area contributed by atoms with Crippen LogP contribution in [0, 0.1) is 5.82 Å². The number of nitrogens with zero attached hydrogens (tertiary/aromatic N) is 3. The molecule has 0 radical (unpaired) electrons. The lowest BCUT2D eigenvalue weighted by atomic mass is 10.2. The topological polar surface area (TPSA) is 149 Å². The van der Waals surface area contributed by atoms with E-state index in [2.05, 4.69) is 9.84 Å². The van der Waals surface area contributed by atoms with Crippen LogP contribution >= 0.6 is 7.82 Å². The predicted molar refractivity (Wildman–Crippen MR) is 109 cm³/mol. The third kappa shape index (κ3) is 6.16. The van der Waals surface area contributed by atoms with E-state index in [0.29, 0.717) is 24.5 Å². The van der Waals surface area contributed by atoms with Gasteiger partial charge in [0.05, 0.1) is 24.5 Å². The second kappa shape index (κ2) is 9.82. The average molecular weight is 474 g/mol. The van der Waals surface area contributed by atoms with Crippen molar-refractivity contribution in [2.75, 3.05) is 55.7 Å². The molecular formula is C18H24FN4O8P. The Kier molecular flexibility index (Phi) is 7.34. The fourth-order valence-electron chi connectivity index (χ4n) is 3.44. The van der Waals surface area contributed by atoms with E-state index in [4.69, 9.17) is 14.5 Å². The van der Waals surface area contributed by atoms with Crippen molar-refractivity contribution in [1.29, 1.82) is 0 Å². The maximum atomic E-state index is 14.8. The van der Waals surface area contributed by atoms with Crippen molar-refractivity contribution in [1.82, 2.24) is 10.2 Å². The number of phosphoric acid groups is 1. The Hall–Kier alpha value is -2.73. The Labute approximate surface area is 183 Å². The molecule has 12 nitrogen and oxygen atoms in total. The SMILES string of the molecule is CC(=O)NC[C@H]1CN(c2ccc(N3CCN(C(=O)COP(=O)(O)O)CC3)c(F)c2)C(=O)O1. The molecule has 2 saturated heterocycles. The van der Waals surface area contributed by atoms with Crippen LogP contribution in [0.25, 0.3) is 0 Å². The minimum Gasteiger partial charge on any atom is -0.442 e. The third-order valence-corrected chi connectivity index (χ3v) is 5.49. The number of piperazine rings is 1. The fraction of sp³-hybridized carbons (Fsp3) is 0.500. The van der Waals surface area contributed by atoms with Gasteiger partial charge < -0.3 is 29.6 Å². The van der Waals surface area contributed by atoms with Gasteiger partial charge in [-0.15, -0.1) is 0 Å². The summed E-state index contributed by atoms with van der Waals surface area (Å²) in [7, 11) is -4.73. The third-order valence-electron chi connectivity index (χ3n) is 5.02. The van der Waals surface area contributed by atoms with Gasteiger partial charge in [-0.2, -0.15) is 0 Å². The molecule has 2 aliphatic rings. The van der Waals surface area contributed by atoms with Gasteiger partial charge in [0.25, 0.3) is 0 Å². The molecule has 3 N–H and O–H groups in total. The first kappa shape index (κ1) is 23.9. The number of cyclic esters (lactones) is 1. The smallest absolute Gasteiger partial charge is 0.442 e. The van der Waals surface area contributed by atoms with E-state index in [0.717, 1.165) is 0 Å². The lowest BCUT2D eigenvalue weighted by Gasteiger charge is -2.36. The molecule has 1 aromatic carbocycles. The fourth-order valence-corrected chi connectivity index (χ4v) is 3.72. The van der Waals surface area contributed by atoms with Crippen molar-refractivity contribution in [3.05, 3.63) is 24.0 Å². The highest BCUT2D eigenvalue weighted by Gasteiger charge is 2.33. The van der Waals surface area contributed by atoms with Crippen molar-refractivity contribution in [3.63, 3.8) is 0 Å². The maximum Gasteiger partial charge on any atom is 0.470 e. The second-order valence-electron chi connectivity index (χ2n) is 7.32. The number of hydrogen-bond donors (Lipinski definition) is 3. The molecule has 2 aliphatic heterocycles. The van der Waals surface area contributed by atoms with Crippen molar-refractivity contribution < 1.29 is 42.4 Å². The van der Waals surface area contributed by atoms with Crippen LogP contribution in [-0.2, 0) is 23.4 Å². The molecule has 32 heavy (non-hydrogen) atoms. The molecule has 1 aromatic rings. The number of phosphoric ester groups is 1. The molecule has 176 valence electrons. The van der Waals surface area contributed by atoms with Crippen LogP contribution in [-0.4, -0.2) is 84.6 Å². The zero-order valence-electron chi connectivity index (χ0n) is 17.3. The normalized spacial score (nSPS) is 19.2. The molecule has 2 heterocycles. The van der Waals surface area contributed by atoms with Gasteiger partial charge in [-0.25, -0.2) is 13.8 Å². The molecule has 0 spiro atoms. The van der Waals surface area contributed by atoms with Gasteiger partial charge in [-0.05, 0) is 18.2 Å². The molecule has 0 aromatic heterocycles. The Bertz CT molecular complexity index is 934. The summed E-state index contributed by atoms with van der Waals surface area (Å²) >= 11 is 0. The van der Waals surface area contributed by atoms with Gasteiger partial charge in [-0.3, -0.25) is 19.0 Å². The van der Waals surface area contributed by atoms with E-state index in [1.165, 1.54) is 28.9 Å². The predicted octanol–water partition coefficient (Wildman–Crippen LogP) is 0.0449. The monoisotopic (exact) mass is 474 g/mol. The number of hydrogen-bond acceptors (Lipinski definition) is 7. The summed E-state index contributed by atoms with van der Waals surface area (Å²) in [6, 6.07) is 4.35. The number of carbonyl (C=O) groups is 3. The molecule has 14 heteroatoms. The zero-order valence-corrected chi connectivity index (χ0v) is 18.2. The number of halogens is 1. The molecule has 2 fully saturated rings. The van der Waals surface area contributed by atoms with Gasteiger partial charge in [0.15, 0.2) is 0 Å².